The van der Waals surface area contributed by atoms with Crippen LogP contribution in [0.1, 0.15) is 5.56 Å². The molecule has 1 N–H and O–H groups in total. The smallest absolute Gasteiger partial charge is 0.228 e. The average molecular weight is 443 g/mol. The summed E-state index contributed by atoms with van der Waals surface area (Å²) in [5.74, 6) is -0.0999. The molecule has 5 rings (SSSR count). The third-order valence-corrected chi connectivity index (χ3v) is 5.38. The highest BCUT2D eigenvalue weighted by atomic mass is 35.5. The number of nitrogens with one attached hydrogen (secondary N) is 1. The van der Waals surface area contributed by atoms with E-state index < -0.39 is 0 Å². The zero-order valence-corrected chi connectivity index (χ0v) is 18.0. The Morgan fingerprint density at radius 3 is 2.59 bits per heavy atom. The van der Waals surface area contributed by atoms with Crippen molar-refractivity contribution in [2.24, 2.45) is 7.05 Å². The standard InChI is InChI=1S/C24H19ClN6O/c1-30-13-19(12-27-30)18-11-22-24(26-15-28-31(22)14-18)17-5-7-21(8-6-17)29-23(32)10-16-3-2-4-20(25)9-16/h2-9,11-15H,10H2,1H3,(H,29,32). The van der Waals surface area contributed by atoms with Crippen molar-refractivity contribution in [1.29, 1.82) is 0 Å². The number of benzene rings is 2. The molecule has 0 radical (unpaired) electrons. The van der Waals surface area contributed by atoms with Crippen LogP contribution in [0.2, 0.25) is 5.02 Å². The predicted molar refractivity (Wildman–Crippen MR) is 124 cm³/mol. The average Bonchev–Trinajstić information content (AvgIpc) is 3.40. The topological polar surface area (TPSA) is 77.1 Å². The van der Waals surface area contributed by atoms with Crippen molar-refractivity contribution in [2.75, 3.05) is 5.32 Å². The van der Waals surface area contributed by atoms with Crippen molar-refractivity contribution >= 4 is 28.7 Å². The molecule has 0 saturated carbocycles. The summed E-state index contributed by atoms with van der Waals surface area (Å²) in [6, 6.07) is 17.0. The van der Waals surface area contributed by atoms with Crippen LogP contribution in [0.5, 0.6) is 0 Å². The van der Waals surface area contributed by atoms with E-state index in [1.54, 1.807) is 16.8 Å². The monoisotopic (exact) mass is 442 g/mol. The van der Waals surface area contributed by atoms with Gasteiger partial charge in [-0.2, -0.15) is 10.2 Å². The van der Waals surface area contributed by atoms with Crippen molar-refractivity contribution in [1.82, 2.24) is 24.4 Å². The molecule has 32 heavy (non-hydrogen) atoms. The molecule has 0 aliphatic carbocycles. The number of carbonyl (C=O) groups is 1. The van der Waals surface area contributed by atoms with E-state index in [0.717, 1.165) is 39.2 Å². The molecule has 158 valence electrons. The number of hydrogen-bond acceptors (Lipinski definition) is 4. The Bertz CT molecular complexity index is 1420. The fourth-order valence-electron chi connectivity index (χ4n) is 3.63. The first-order valence-corrected chi connectivity index (χ1v) is 10.4. The molecule has 0 aliphatic rings. The third-order valence-electron chi connectivity index (χ3n) is 5.14. The van der Waals surface area contributed by atoms with Gasteiger partial charge in [0.15, 0.2) is 0 Å². The largest absolute Gasteiger partial charge is 0.326 e. The number of rotatable bonds is 5. The molecule has 0 unspecified atom stereocenters. The molecular weight excluding hydrogens is 424 g/mol. The van der Waals surface area contributed by atoms with Gasteiger partial charge >= 0.3 is 0 Å². The first kappa shape index (κ1) is 20.0. The summed E-state index contributed by atoms with van der Waals surface area (Å²) in [6.45, 7) is 0. The Labute approximate surface area is 189 Å². The molecule has 0 saturated heterocycles. The summed E-state index contributed by atoms with van der Waals surface area (Å²) < 4.78 is 3.58. The highest BCUT2D eigenvalue weighted by Crippen LogP contribution is 2.28. The van der Waals surface area contributed by atoms with Gasteiger partial charge in [0.05, 0.1) is 23.8 Å². The lowest BCUT2D eigenvalue weighted by Crippen LogP contribution is -2.14. The Morgan fingerprint density at radius 2 is 1.84 bits per heavy atom. The first-order chi connectivity index (χ1) is 15.5. The minimum Gasteiger partial charge on any atom is -0.326 e. The van der Waals surface area contributed by atoms with Crippen LogP contribution in [0, 0.1) is 0 Å². The van der Waals surface area contributed by atoms with E-state index in [4.69, 9.17) is 11.6 Å². The van der Waals surface area contributed by atoms with E-state index in [2.05, 4.69) is 20.5 Å². The van der Waals surface area contributed by atoms with Gasteiger partial charge in [0.2, 0.25) is 5.91 Å². The van der Waals surface area contributed by atoms with Gasteiger partial charge < -0.3 is 5.32 Å². The van der Waals surface area contributed by atoms with Crippen molar-refractivity contribution in [3.8, 4) is 22.4 Å². The molecule has 1 amide bonds. The minimum absolute atomic E-state index is 0.0999. The maximum Gasteiger partial charge on any atom is 0.228 e. The number of hydrogen-bond donors (Lipinski definition) is 1. The summed E-state index contributed by atoms with van der Waals surface area (Å²) in [6.07, 6.45) is 7.54. The fourth-order valence-corrected chi connectivity index (χ4v) is 3.84. The van der Waals surface area contributed by atoms with Gasteiger partial charge in [-0.15, -0.1) is 0 Å². The van der Waals surface area contributed by atoms with Crippen LogP contribution in [-0.4, -0.2) is 30.3 Å². The number of fused-ring (bicyclic) bond motifs is 1. The number of anilines is 1. The maximum absolute atomic E-state index is 12.4. The van der Waals surface area contributed by atoms with Crippen LogP contribution in [0.25, 0.3) is 27.9 Å². The second kappa shape index (κ2) is 8.28. The van der Waals surface area contributed by atoms with Crippen molar-refractivity contribution < 1.29 is 4.79 Å². The summed E-state index contributed by atoms with van der Waals surface area (Å²) in [5, 5.41) is 12.1. The Morgan fingerprint density at radius 1 is 1.00 bits per heavy atom. The highest BCUT2D eigenvalue weighted by Gasteiger charge is 2.12. The third kappa shape index (κ3) is 4.10. The lowest BCUT2D eigenvalue weighted by molar-refractivity contribution is -0.115. The molecule has 0 atom stereocenters. The second-order valence-corrected chi connectivity index (χ2v) is 7.94. The number of aromatic nitrogens is 5. The van der Waals surface area contributed by atoms with Gasteiger partial charge in [-0.3, -0.25) is 9.48 Å². The molecule has 3 heterocycles. The number of nitrogens with zero attached hydrogens (tertiary/aromatic N) is 5. The van der Waals surface area contributed by atoms with E-state index in [0.29, 0.717) is 5.02 Å². The molecule has 3 aromatic heterocycles. The van der Waals surface area contributed by atoms with Crippen LogP contribution in [0.4, 0.5) is 5.69 Å². The molecule has 0 fully saturated rings. The Kier molecular flexibility index (Phi) is 5.17. The molecule has 0 bridgehead atoms. The number of halogens is 1. The van der Waals surface area contributed by atoms with E-state index in [9.17, 15) is 4.79 Å². The zero-order valence-electron chi connectivity index (χ0n) is 17.2. The van der Waals surface area contributed by atoms with Gasteiger partial charge in [0.1, 0.15) is 6.33 Å². The highest BCUT2D eigenvalue weighted by molar-refractivity contribution is 6.30. The quantitative estimate of drug-likeness (QED) is 0.430. The molecule has 7 nitrogen and oxygen atoms in total. The fraction of sp³-hybridized carbons (Fsp3) is 0.0833. The van der Waals surface area contributed by atoms with E-state index in [1.807, 2.05) is 72.6 Å². The Balaban J connectivity index is 1.36. The Hall–Kier alpha value is -3.97. The maximum atomic E-state index is 12.4. The number of aryl methyl sites for hydroxylation is 1. The number of amides is 1. The summed E-state index contributed by atoms with van der Waals surface area (Å²) in [4.78, 5) is 16.9. The zero-order chi connectivity index (χ0) is 22.1. The van der Waals surface area contributed by atoms with Crippen molar-refractivity contribution in [3.63, 3.8) is 0 Å². The van der Waals surface area contributed by atoms with Crippen molar-refractivity contribution in [3.05, 3.63) is 90.1 Å². The lowest BCUT2D eigenvalue weighted by atomic mass is 10.1. The first-order valence-electron chi connectivity index (χ1n) is 10.0. The van der Waals surface area contributed by atoms with Crippen LogP contribution >= 0.6 is 11.6 Å². The van der Waals surface area contributed by atoms with Gasteiger partial charge in [0, 0.05) is 46.8 Å². The second-order valence-electron chi connectivity index (χ2n) is 7.50. The van der Waals surface area contributed by atoms with Crippen LogP contribution in [-0.2, 0) is 18.3 Å². The molecule has 0 spiro atoms. The molecule has 5 aromatic rings. The molecule has 0 aliphatic heterocycles. The van der Waals surface area contributed by atoms with Crippen molar-refractivity contribution in [2.45, 2.75) is 6.42 Å². The molecule has 2 aromatic carbocycles. The summed E-state index contributed by atoms with van der Waals surface area (Å²) in [7, 11) is 1.89. The van der Waals surface area contributed by atoms with Gasteiger partial charge in [-0.1, -0.05) is 35.9 Å². The van der Waals surface area contributed by atoms with Crippen LogP contribution < -0.4 is 5.32 Å². The summed E-state index contributed by atoms with van der Waals surface area (Å²) in [5.41, 5.74) is 6.26. The number of carbonyl (C=O) groups excluding carboxylic acids is 1. The van der Waals surface area contributed by atoms with Gasteiger partial charge in [-0.25, -0.2) is 9.50 Å². The van der Waals surface area contributed by atoms with Gasteiger partial charge in [-0.05, 0) is 35.9 Å². The molecule has 8 heteroatoms. The SMILES string of the molecule is Cn1cc(-c2cc3c(-c4ccc(NC(=O)Cc5cccc(Cl)c5)cc4)ncnn3c2)cn1. The van der Waals surface area contributed by atoms with E-state index in [-0.39, 0.29) is 12.3 Å². The molecular formula is C24H19ClN6O. The van der Waals surface area contributed by atoms with Gasteiger partial charge in [0.25, 0.3) is 0 Å². The predicted octanol–water partition coefficient (Wildman–Crippen LogP) is 4.63. The summed E-state index contributed by atoms with van der Waals surface area (Å²) >= 11 is 6.00. The van der Waals surface area contributed by atoms with Crippen LogP contribution in [0.3, 0.4) is 0 Å². The minimum atomic E-state index is -0.0999. The van der Waals surface area contributed by atoms with E-state index in [1.165, 1.54) is 6.33 Å². The lowest BCUT2D eigenvalue weighted by Gasteiger charge is -2.08. The van der Waals surface area contributed by atoms with Crippen LogP contribution in [0.15, 0.2) is 79.5 Å². The van der Waals surface area contributed by atoms with E-state index >= 15 is 0 Å². The normalized spacial score (nSPS) is 11.1.